The normalized spacial score (nSPS) is 16.1. The molecule has 0 aliphatic heterocycles. The van der Waals surface area contributed by atoms with Crippen LogP contribution in [0.3, 0.4) is 0 Å². The van der Waals surface area contributed by atoms with E-state index in [0.29, 0.717) is 17.7 Å². The Balaban J connectivity index is 1.91. The highest BCUT2D eigenvalue weighted by atomic mass is 16.2. The first kappa shape index (κ1) is 11.7. The molecule has 0 spiro atoms. The van der Waals surface area contributed by atoms with Gasteiger partial charge in [-0.05, 0) is 31.9 Å². The van der Waals surface area contributed by atoms with Gasteiger partial charge in [-0.3, -0.25) is 4.79 Å². The van der Waals surface area contributed by atoms with Crippen LogP contribution in [0.15, 0.2) is 18.2 Å². The van der Waals surface area contributed by atoms with Crippen molar-refractivity contribution in [2.75, 3.05) is 10.7 Å². The van der Waals surface area contributed by atoms with Gasteiger partial charge in [-0.15, -0.1) is 0 Å². The molecule has 0 radical (unpaired) electrons. The van der Waals surface area contributed by atoms with Gasteiger partial charge in [0, 0.05) is 6.04 Å². The molecule has 0 aromatic carbocycles. The Hall–Kier alpha value is -1.82. The van der Waals surface area contributed by atoms with E-state index in [1.165, 1.54) is 0 Å². The summed E-state index contributed by atoms with van der Waals surface area (Å²) in [5.74, 6) is 6.45. The van der Waals surface area contributed by atoms with E-state index in [0.717, 1.165) is 12.8 Å². The maximum absolute atomic E-state index is 11.7. The lowest BCUT2D eigenvalue weighted by atomic mass is 10.3. The van der Waals surface area contributed by atoms with Gasteiger partial charge in [0.25, 0.3) is 0 Å². The van der Waals surface area contributed by atoms with Crippen LogP contribution in [0.2, 0.25) is 0 Å². The summed E-state index contributed by atoms with van der Waals surface area (Å²) >= 11 is 0. The molecule has 1 amide bonds. The number of carbonyl (C=O) groups is 1. The Kier molecular flexibility index (Phi) is 3.43. The van der Waals surface area contributed by atoms with Crippen LogP contribution in [-0.2, 0) is 4.79 Å². The molecule has 1 aromatic heterocycles. The average Bonchev–Trinajstić information content (AvgIpc) is 3.13. The van der Waals surface area contributed by atoms with E-state index in [4.69, 9.17) is 5.84 Å². The number of nitrogen functional groups attached to an aromatic ring is 1. The Bertz CT molecular complexity index is 405. The zero-order valence-electron chi connectivity index (χ0n) is 9.73. The molecule has 1 fully saturated rings. The van der Waals surface area contributed by atoms with Gasteiger partial charge in [0.15, 0.2) is 0 Å². The van der Waals surface area contributed by atoms with Crippen LogP contribution in [0.5, 0.6) is 0 Å². The first-order chi connectivity index (χ1) is 8.19. The van der Waals surface area contributed by atoms with Gasteiger partial charge in [0.05, 0.1) is 0 Å². The smallest absolute Gasteiger partial charge is 0.242 e. The van der Waals surface area contributed by atoms with Crippen LogP contribution in [0.25, 0.3) is 0 Å². The zero-order valence-corrected chi connectivity index (χ0v) is 9.73. The summed E-state index contributed by atoms with van der Waals surface area (Å²) in [4.78, 5) is 15.9. The summed E-state index contributed by atoms with van der Waals surface area (Å²) in [5, 5.41) is 5.96. The molecule has 1 aliphatic rings. The van der Waals surface area contributed by atoms with Crippen molar-refractivity contribution < 1.29 is 4.79 Å². The number of hydrazine groups is 1. The Morgan fingerprint density at radius 2 is 2.18 bits per heavy atom. The van der Waals surface area contributed by atoms with Gasteiger partial charge in [-0.1, -0.05) is 6.07 Å². The zero-order chi connectivity index (χ0) is 12.3. The monoisotopic (exact) mass is 235 g/mol. The van der Waals surface area contributed by atoms with Crippen molar-refractivity contribution in [3.05, 3.63) is 18.2 Å². The number of nitrogens with zero attached hydrogens (tertiary/aromatic N) is 1. The van der Waals surface area contributed by atoms with Gasteiger partial charge in [-0.25, -0.2) is 10.8 Å². The predicted octanol–water partition coefficient (Wildman–Crippen LogP) is 0.446. The number of amides is 1. The topological polar surface area (TPSA) is 92.1 Å². The fraction of sp³-hybridized carbons (Fsp3) is 0.455. The fourth-order valence-electron chi connectivity index (χ4n) is 1.44. The third kappa shape index (κ3) is 3.32. The predicted molar refractivity (Wildman–Crippen MR) is 66.3 cm³/mol. The average molecular weight is 235 g/mol. The van der Waals surface area contributed by atoms with Crippen molar-refractivity contribution in [1.29, 1.82) is 0 Å². The number of nitrogens with two attached hydrogens (primary N) is 1. The second-order valence-electron chi connectivity index (χ2n) is 4.20. The molecule has 1 aromatic rings. The van der Waals surface area contributed by atoms with E-state index in [1.54, 1.807) is 12.1 Å². The molecule has 2 rings (SSSR count). The van der Waals surface area contributed by atoms with Crippen molar-refractivity contribution >= 4 is 17.5 Å². The summed E-state index contributed by atoms with van der Waals surface area (Å²) < 4.78 is 0. The largest absolute Gasteiger partial charge is 0.359 e. The van der Waals surface area contributed by atoms with Crippen LogP contribution < -0.4 is 21.9 Å². The van der Waals surface area contributed by atoms with Crippen molar-refractivity contribution in [1.82, 2.24) is 10.3 Å². The highest BCUT2D eigenvalue weighted by Crippen LogP contribution is 2.19. The molecular weight excluding hydrogens is 218 g/mol. The number of hydrogen-bond acceptors (Lipinski definition) is 5. The highest BCUT2D eigenvalue weighted by Gasteiger charge is 2.25. The molecule has 1 saturated carbocycles. The number of nitrogens with one attached hydrogen (secondary N) is 3. The second-order valence-corrected chi connectivity index (χ2v) is 4.20. The molecule has 17 heavy (non-hydrogen) atoms. The molecule has 92 valence electrons. The first-order valence-corrected chi connectivity index (χ1v) is 5.69. The summed E-state index contributed by atoms with van der Waals surface area (Å²) in [7, 11) is 0. The summed E-state index contributed by atoms with van der Waals surface area (Å²) in [6, 6.07) is 5.42. The number of carbonyl (C=O) groups excluding carboxylic acids is 1. The lowest BCUT2D eigenvalue weighted by Crippen LogP contribution is -2.38. The fourth-order valence-corrected chi connectivity index (χ4v) is 1.44. The summed E-state index contributed by atoms with van der Waals surface area (Å²) in [5.41, 5.74) is 2.46. The van der Waals surface area contributed by atoms with Gasteiger partial charge in [0.2, 0.25) is 5.91 Å². The Morgan fingerprint density at radius 1 is 1.47 bits per heavy atom. The number of hydrogen-bond donors (Lipinski definition) is 4. The third-order valence-electron chi connectivity index (χ3n) is 2.58. The number of pyridine rings is 1. The van der Waals surface area contributed by atoms with E-state index < -0.39 is 0 Å². The molecule has 1 unspecified atom stereocenters. The molecule has 6 heteroatoms. The van der Waals surface area contributed by atoms with Crippen LogP contribution in [0, 0.1) is 0 Å². The van der Waals surface area contributed by atoms with Gasteiger partial charge < -0.3 is 16.1 Å². The van der Waals surface area contributed by atoms with E-state index in [-0.39, 0.29) is 11.9 Å². The molecule has 5 N–H and O–H groups in total. The number of aromatic nitrogens is 1. The van der Waals surface area contributed by atoms with E-state index in [1.807, 2.05) is 13.0 Å². The van der Waals surface area contributed by atoms with E-state index >= 15 is 0 Å². The lowest BCUT2D eigenvalue weighted by Gasteiger charge is -2.14. The van der Waals surface area contributed by atoms with Crippen molar-refractivity contribution in [3.8, 4) is 0 Å². The van der Waals surface area contributed by atoms with Crippen LogP contribution in [0.1, 0.15) is 19.8 Å². The van der Waals surface area contributed by atoms with Crippen LogP contribution >= 0.6 is 0 Å². The van der Waals surface area contributed by atoms with Crippen molar-refractivity contribution in [3.63, 3.8) is 0 Å². The van der Waals surface area contributed by atoms with Gasteiger partial charge in [-0.2, -0.15) is 0 Å². The molecule has 0 bridgehead atoms. The molecule has 6 nitrogen and oxygen atoms in total. The van der Waals surface area contributed by atoms with Crippen LogP contribution in [-0.4, -0.2) is 23.0 Å². The molecule has 1 atom stereocenters. The quantitative estimate of drug-likeness (QED) is 0.439. The van der Waals surface area contributed by atoms with Gasteiger partial charge >= 0.3 is 0 Å². The van der Waals surface area contributed by atoms with Crippen LogP contribution in [0.4, 0.5) is 11.6 Å². The number of rotatable bonds is 5. The second kappa shape index (κ2) is 5.01. The first-order valence-electron chi connectivity index (χ1n) is 5.69. The van der Waals surface area contributed by atoms with Crippen molar-refractivity contribution in [2.45, 2.75) is 31.8 Å². The molecular formula is C11H17N5O. The lowest BCUT2D eigenvalue weighted by molar-refractivity contribution is -0.121. The summed E-state index contributed by atoms with van der Waals surface area (Å²) in [6.45, 7) is 1.81. The minimum atomic E-state index is -0.309. The molecule has 1 heterocycles. The Labute approximate surface area is 100.0 Å². The number of anilines is 2. The molecule has 1 aliphatic carbocycles. The van der Waals surface area contributed by atoms with Crippen molar-refractivity contribution in [2.24, 2.45) is 5.84 Å². The SMILES string of the molecule is CC(Nc1cccc(NN)n1)C(=O)NC1CC1. The van der Waals surface area contributed by atoms with Gasteiger partial charge in [0.1, 0.15) is 17.7 Å². The Morgan fingerprint density at radius 3 is 2.82 bits per heavy atom. The maximum atomic E-state index is 11.7. The maximum Gasteiger partial charge on any atom is 0.242 e. The molecule has 0 saturated heterocycles. The minimum absolute atomic E-state index is 0.000380. The standard InChI is InChI=1S/C11H17N5O/c1-7(11(17)14-8-5-6-8)13-9-3-2-4-10(15-9)16-12/h2-4,7-8H,5-6,12H2,1H3,(H,14,17)(H2,13,15,16). The van der Waals surface area contributed by atoms with E-state index in [2.05, 4.69) is 21.0 Å². The third-order valence-corrected chi connectivity index (χ3v) is 2.58. The highest BCUT2D eigenvalue weighted by molar-refractivity contribution is 5.84. The minimum Gasteiger partial charge on any atom is -0.359 e. The van der Waals surface area contributed by atoms with E-state index in [9.17, 15) is 4.79 Å². The summed E-state index contributed by atoms with van der Waals surface area (Å²) in [6.07, 6.45) is 2.17.